The Balaban J connectivity index is 0.000000202. The Hall–Kier alpha value is -8.55. The number of hydrogen-bond acceptors (Lipinski definition) is 20. The molecule has 5 N–H and O–H groups in total. The normalized spacial score (nSPS) is 14.0. The second-order valence-electron chi connectivity index (χ2n) is 19.0. The Labute approximate surface area is 437 Å². The number of carbonyl (C=O) groups is 2. The fourth-order valence-electron chi connectivity index (χ4n) is 7.43. The van der Waals surface area contributed by atoms with Crippen molar-refractivity contribution >= 4 is 75.5 Å². The minimum atomic E-state index is -0.581. The SMILES string of the molecule is CC(C)(C)OC(=O)N1CCC(n2cc(N)cn2)CC1.COc1ccc(Nc2nc(Cl)ncc2[N+](=O)[O-])cc1.COc1ccc(Nc2nc(Nc3cnn(C4CCN(C(=O)OC(C)(C)C)CC4)c3)ncc2[N+](=O)[O-])cc1. The number of rotatable bonds is 12. The van der Waals surface area contributed by atoms with Gasteiger partial charge in [-0.25, -0.2) is 19.6 Å². The first-order valence-electron chi connectivity index (χ1n) is 23.6. The summed E-state index contributed by atoms with van der Waals surface area (Å²) in [5, 5.41) is 39.8. The third-order valence-corrected chi connectivity index (χ3v) is 11.3. The highest BCUT2D eigenvalue weighted by molar-refractivity contribution is 6.28. The molecular formula is C48H61ClN16O10. The van der Waals surface area contributed by atoms with Gasteiger partial charge in [-0.15, -0.1) is 0 Å². The third kappa shape index (κ3) is 16.7. The number of nitrogens with two attached hydrogens (primary N) is 1. The maximum Gasteiger partial charge on any atom is 0.410 e. The Morgan fingerprint density at radius 1 is 0.627 bits per heavy atom. The molecule has 0 unspecified atom stereocenters. The largest absolute Gasteiger partial charge is 0.497 e. The predicted octanol–water partition coefficient (Wildman–Crippen LogP) is 9.48. The standard InChI is InChI=1S/C24H30N8O5.C13H22N4O2.C11H9ClN4O3/c1-24(2,3)37-23(33)30-11-9-18(10-12-30)31-15-17(13-26-31)28-22-25-14-20(32(34)35)21(29-22)27-16-5-7-19(36-4)8-6-16;1-13(2,3)19-12(18)16-6-4-11(5-7-16)17-9-10(14)8-15-17;1-19-8-4-2-7(3-5-8)14-10-9(16(17)18)6-13-11(12)15-10/h5-8,13-15,18H,9-12H2,1-4H3,(H2,25,27,28,29);8-9,11H,4-7,14H2,1-3H3;2-6H,1H3,(H,13,14,15). The molecule has 27 heteroatoms. The molecule has 400 valence electrons. The number of nitrogens with one attached hydrogen (secondary N) is 3. The Morgan fingerprint density at radius 2 is 1.05 bits per heavy atom. The van der Waals surface area contributed by atoms with Crippen LogP contribution >= 0.6 is 11.6 Å². The molecule has 2 aliphatic heterocycles. The number of carbonyl (C=O) groups excluding carboxylic acids is 2. The molecule has 6 aromatic rings. The van der Waals surface area contributed by atoms with E-state index < -0.39 is 21.0 Å². The minimum absolute atomic E-state index is 0.0372. The first kappa shape index (κ1) is 55.8. The van der Waals surface area contributed by atoms with Crippen LogP contribution in [0.3, 0.4) is 0 Å². The molecule has 4 aromatic heterocycles. The van der Waals surface area contributed by atoms with Crippen LogP contribution < -0.4 is 31.2 Å². The van der Waals surface area contributed by atoms with Gasteiger partial charge in [0.1, 0.15) is 35.1 Å². The van der Waals surface area contributed by atoms with Crippen molar-refractivity contribution in [3.8, 4) is 11.5 Å². The number of methoxy groups -OCH3 is 2. The van der Waals surface area contributed by atoms with E-state index in [1.54, 1.807) is 84.9 Å². The monoisotopic (exact) mass is 1060 g/mol. The number of likely N-dealkylation sites (tertiary alicyclic amines) is 2. The zero-order valence-corrected chi connectivity index (χ0v) is 43.6. The lowest BCUT2D eigenvalue weighted by molar-refractivity contribution is -0.384. The van der Waals surface area contributed by atoms with Gasteiger partial charge >= 0.3 is 23.6 Å². The number of benzene rings is 2. The van der Waals surface area contributed by atoms with Crippen LogP contribution in [0.15, 0.2) is 85.7 Å². The maximum absolute atomic E-state index is 12.3. The number of nitrogen functional groups attached to an aromatic ring is 1. The second-order valence-corrected chi connectivity index (χ2v) is 19.3. The number of ether oxygens (including phenoxy) is 4. The van der Waals surface area contributed by atoms with Crippen LogP contribution in [0.2, 0.25) is 5.28 Å². The smallest absolute Gasteiger partial charge is 0.410 e. The van der Waals surface area contributed by atoms with Crippen LogP contribution in [0.5, 0.6) is 11.5 Å². The zero-order chi connectivity index (χ0) is 54.5. The number of nitro groups is 2. The molecule has 0 atom stereocenters. The van der Waals surface area contributed by atoms with Crippen molar-refractivity contribution in [2.24, 2.45) is 0 Å². The van der Waals surface area contributed by atoms with E-state index in [2.05, 4.69) is 46.1 Å². The summed E-state index contributed by atoms with van der Waals surface area (Å²) in [6, 6.07) is 14.2. The number of hydrogen-bond donors (Lipinski definition) is 4. The molecule has 2 aromatic carbocycles. The number of nitrogens with zero attached hydrogens (tertiary/aromatic N) is 12. The third-order valence-electron chi connectivity index (χ3n) is 11.1. The summed E-state index contributed by atoms with van der Waals surface area (Å²) in [5.41, 5.74) is 6.74. The van der Waals surface area contributed by atoms with Crippen molar-refractivity contribution in [1.82, 2.24) is 49.3 Å². The average Bonchev–Trinajstić information content (AvgIpc) is 4.03. The highest BCUT2D eigenvalue weighted by Gasteiger charge is 2.30. The Kier molecular flexibility index (Phi) is 18.5. The van der Waals surface area contributed by atoms with E-state index in [-0.39, 0.29) is 52.5 Å². The summed E-state index contributed by atoms with van der Waals surface area (Å²) in [7, 11) is 3.11. The summed E-state index contributed by atoms with van der Waals surface area (Å²) in [4.78, 5) is 64.7. The van der Waals surface area contributed by atoms with Gasteiger partial charge in [0, 0.05) is 49.9 Å². The van der Waals surface area contributed by atoms with E-state index in [1.165, 1.54) is 0 Å². The van der Waals surface area contributed by atoms with Crippen LogP contribution in [-0.4, -0.2) is 123 Å². The van der Waals surface area contributed by atoms with Gasteiger partial charge < -0.3 is 50.4 Å². The van der Waals surface area contributed by atoms with Gasteiger partial charge in [0.2, 0.25) is 22.9 Å². The minimum Gasteiger partial charge on any atom is -0.497 e. The van der Waals surface area contributed by atoms with Crippen molar-refractivity contribution in [3.63, 3.8) is 0 Å². The average molecular weight is 1060 g/mol. The van der Waals surface area contributed by atoms with Gasteiger partial charge in [0.25, 0.3) is 0 Å². The molecule has 75 heavy (non-hydrogen) atoms. The first-order valence-corrected chi connectivity index (χ1v) is 24.0. The van der Waals surface area contributed by atoms with E-state index in [1.807, 2.05) is 63.3 Å². The summed E-state index contributed by atoms with van der Waals surface area (Å²) < 4.78 is 24.7. The van der Waals surface area contributed by atoms with Crippen LogP contribution in [0.1, 0.15) is 79.3 Å². The summed E-state index contributed by atoms with van der Waals surface area (Å²) in [6.45, 7) is 13.7. The van der Waals surface area contributed by atoms with Gasteiger partial charge in [0.05, 0.1) is 59.9 Å². The molecule has 6 heterocycles. The van der Waals surface area contributed by atoms with E-state index in [0.717, 1.165) is 38.1 Å². The predicted molar refractivity (Wildman–Crippen MR) is 279 cm³/mol. The van der Waals surface area contributed by atoms with Crippen molar-refractivity contribution in [2.75, 3.05) is 62.1 Å². The van der Waals surface area contributed by atoms with Crippen molar-refractivity contribution < 1.29 is 38.4 Å². The summed E-state index contributed by atoms with van der Waals surface area (Å²) >= 11 is 5.63. The molecule has 2 aliphatic rings. The highest BCUT2D eigenvalue weighted by atomic mass is 35.5. The lowest BCUT2D eigenvalue weighted by Crippen LogP contribution is -2.42. The van der Waals surface area contributed by atoms with Gasteiger partial charge in [-0.3, -0.25) is 29.6 Å². The molecule has 0 spiro atoms. The van der Waals surface area contributed by atoms with Gasteiger partial charge in [-0.2, -0.15) is 20.2 Å². The molecule has 0 aliphatic carbocycles. The van der Waals surface area contributed by atoms with E-state index >= 15 is 0 Å². The number of anilines is 7. The molecule has 2 fully saturated rings. The van der Waals surface area contributed by atoms with Crippen molar-refractivity contribution in [3.05, 3.63) is 111 Å². The lowest BCUT2D eigenvalue weighted by Gasteiger charge is -2.33. The fraction of sp³-hybridized carbons (Fsp3) is 0.417. The first-order chi connectivity index (χ1) is 35.6. The van der Waals surface area contributed by atoms with E-state index in [0.29, 0.717) is 66.5 Å². The lowest BCUT2D eigenvalue weighted by atomic mass is 10.1. The van der Waals surface area contributed by atoms with Crippen LogP contribution in [0.25, 0.3) is 0 Å². The van der Waals surface area contributed by atoms with Crippen LogP contribution in [0, 0.1) is 20.2 Å². The quantitative estimate of drug-likeness (QED) is 0.0503. The Bertz CT molecular complexity index is 2870. The van der Waals surface area contributed by atoms with Crippen LogP contribution in [-0.2, 0) is 9.47 Å². The number of amides is 2. The van der Waals surface area contributed by atoms with Gasteiger partial charge in [-0.1, -0.05) is 0 Å². The van der Waals surface area contributed by atoms with Crippen LogP contribution in [0.4, 0.5) is 61.3 Å². The number of halogens is 1. The van der Waals surface area contributed by atoms with Gasteiger partial charge in [-0.05, 0) is 127 Å². The van der Waals surface area contributed by atoms with Gasteiger partial charge in [0.15, 0.2) is 0 Å². The molecule has 0 bridgehead atoms. The Morgan fingerprint density at radius 3 is 1.47 bits per heavy atom. The molecular weight excluding hydrogens is 996 g/mol. The molecule has 0 radical (unpaired) electrons. The molecule has 2 amide bonds. The molecule has 8 rings (SSSR count). The molecule has 0 saturated carbocycles. The topological polar surface area (TPSA) is 313 Å². The molecule has 26 nitrogen and oxygen atoms in total. The maximum atomic E-state index is 12.3. The highest BCUT2D eigenvalue weighted by Crippen LogP contribution is 2.31. The molecule has 2 saturated heterocycles. The van der Waals surface area contributed by atoms with Crippen molar-refractivity contribution in [1.29, 1.82) is 0 Å². The summed E-state index contributed by atoms with van der Waals surface area (Å²) in [6.07, 6.45) is 11.9. The second kappa shape index (κ2) is 24.9. The number of aromatic nitrogens is 8. The zero-order valence-electron chi connectivity index (χ0n) is 42.8. The summed E-state index contributed by atoms with van der Waals surface area (Å²) in [5.74, 6) is 1.61. The van der Waals surface area contributed by atoms with Crippen molar-refractivity contribution in [2.45, 2.75) is 90.5 Å². The van der Waals surface area contributed by atoms with E-state index in [9.17, 15) is 29.8 Å². The van der Waals surface area contributed by atoms with E-state index in [4.69, 9.17) is 36.3 Å². The fourth-order valence-corrected chi connectivity index (χ4v) is 7.56. The number of piperidine rings is 2.